The number of aryl methyl sites for hydroxylation is 2. The van der Waals surface area contributed by atoms with Gasteiger partial charge in [0, 0.05) is 11.1 Å². The summed E-state index contributed by atoms with van der Waals surface area (Å²) in [5.41, 5.74) is 2.00. The number of ketones is 2. The molecule has 2 aromatic heterocycles. The van der Waals surface area contributed by atoms with Crippen LogP contribution in [0.4, 0.5) is 0 Å². The summed E-state index contributed by atoms with van der Waals surface area (Å²) in [5.74, 6) is 1.12. The first-order valence-corrected chi connectivity index (χ1v) is 9.17. The number of hydrogen-bond acceptors (Lipinski definition) is 8. The van der Waals surface area contributed by atoms with E-state index >= 15 is 0 Å². The van der Waals surface area contributed by atoms with Crippen molar-refractivity contribution in [3.05, 3.63) is 56.2 Å². The number of carbonyl (C=O) groups is 2. The number of nitrogens with zero attached hydrogens (tertiary/aromatic N) is 2. The maximum absolute atomic E-state index is 11.6. The summed E-state index contributed by atoms with van der Waals surface area (Å²) < 4.78 is 11.8. The van der Waals surface area contributed by atoms with Crippen molar-refractivity contribution in [1.82, 2.24) is 9.97 Å². The van der Waals surface area contributed by atoms with E-state index in [1.807, 2.05) is 0 Å². The molecule has 0 aliphatic carbocycles. The Morgan fingerprint density at radius 1 is 0.750 bits per heavy atom. The van der Waals surface area contributed by atoms with Crippen molar-refractivity contribution in [2.24, 2.45) is 0 Å². The Balaban J connectivity index is 2.02. The fourth-order valence-electron chi connectivity index (χ4n) is 2.83. The third-order valence-electron chi connectivity index (χ3n) is 4.12. The molecule has 28 heavy (non-hydrogen) atoms. The number of hydrogen-bond donors (Lipinski definition) is 0. The first kappa shape index (κ1) is 19.9. The quantitative estimate of drug-likeness (QED) is 0.411. The van der Waals surface area contributed by atoms with Crippen molar-refractivity contribution >= 4 is 36.0 Å². The van der Waals surface area contributed by atoms with Gasteiger partial charge in [-0.05, 0) is 52.0 Å². The molecule has 0 amide bonds. The first-order chi connectivity index (χ1) is 13.2. The molecule has 142 valence electrons. The van der Waals surface area contributed by atoms with Gasteiger partial charge in [0.25, 0.3) is 0 Å². The third-order valence-corrected chi connectivity index (χ3v) is 4.71. The van der Waals surface area contributed by atoms with Crippen LogP contribution in [0, 0.1) is 23.1 Å². The van der Waals surface area contributed by atoms with Gasteiger partial charge in [-0.25, -0.2) is 9.97 Å². The summed E-state index contributed by atoms with van der Waals surface area (Å²) in [6.45, 7) is 6.21. The SMILES string of the molecule is CC(=O)c1c(C)oc(-c2ccc(-c3nc(=S)c(C(C)=O)c(C)o3)cc2)nc1=S. The largest absolute Gasteiger partial charge is 0.442 e. The van der Waals surface area contributed by atoms with Crippen LogP contribution in [-0.2, 0) is 0 Å². The second kappa shape index (κ2) is 7.65. The molecule has 0 fully saturated rings. The Bertz CT molecular complexity index is 1130. The van der Waals surface area contributed by atoms with Gasteiger partial charge in [0.15, 0.2) is 11.6 Å². The molecular formula is C20H16N2O4S2. The van der Waals surface area contributed by atoms with E-state index in [1.54, 1.807) is 38.1 Å². The van der Waals surface area contributed by atoms with Crippen LogP contribution < -0.4 is 0 Å². The minimum Gasteiger partial charge on any atom is -0.442 e. The van der Waals surface area contributed by atoms with E-state index < -0.39 is 0 Å². The molecule has 0 N–H and O–H groups in total. The molecule has 0 saturated carbocycles. The van der Waals surface area contributed by atoms with E-state index in [-0.39, 0.29) is 20.8 Å². The first-order valence-electron chi connectivity index (χ1n) is 8.35. The number of benzene rings is 1. The zero-order valence-corrected chi connectivity index (χ0v) is 17.3. The molecule has 0 aliphatic heterocycles. The van der Waals surface area contributed by atoms with Gasteiger partial charge in [0.05, 0.1) is 11.1 Å². The van der Waals surface area contributed by atoms with Crippen LogP contribution in [0.3, 0.4) is 0 Å². The predicted octanol–water partition coefficient (Wildman–Crippen LogP) is 5.48. The third kappa shape index (κ3) is 3.74. The number of aromatic nitrogens is 2. The second-order valence-corrected chi connectivity index (χ2v) is 6.97. The van der Waals surface area contributed by atoms with Gasteiger partial charge in [-0.1, -0.05) is 24.4 Å². The Labute approximate surface area is 171 Å². The van der Waals surface area contributed by atoms with Crippen LogP contribution >= 0.6 is 24.4 Å². The highest BCUT2D eigenvalue weighted by Crippen LogP contribution is 2.26. The molecular weight excluding hydrogens is 396 g/mol. The Hall–Kier alpha value is -2.84. The smallest absolute Gasteiger partial charge is 0.227 e. The van der Waals surface area contributed by atoms with Gasteiger partial charge in [0.1, 0.15) is 20.8 Å². The van der Waals surface area contributed by atoms with Crippen LogP contribution in [0.5, 0.6) is 0 Å². The maximum Gasteiger partial charge on any atom is 0.227 e. The Morgan fingerprint density at radius 2 is 1.07 bits per heavy atom. The van der Waals surface area contributed by atoms with Crippen molar-refractivity contribution in [2.45, 2.75) is 27.7 Å². The molecule has 3 aromatic rings. The van der Waals surface area contributed by atoms with Gasteiger partial charge >= 0.3 is 0 Å². The molecule has 0 atom stereocenters. The lowest BCUT2D eigenvalue weighted by atomic mass is 10.1. The minimum absolute atomic E-state index is 0.183. The number of rotatable bonds is 4. The highest BCUT2D eigenvalue weighted by Gasteiger charge is 2.15. The lowest BCUT2D eigenvalue weighted by Gasteiger charge is -2.07. The molecule has 6 nitrogen and oxygen atoms in total. The molecule has 3 rings (SSSR count). The topological polar surface area (TPSA) is 86.2 Å². The van der Waals surface area contributed by atoms with Crippen LogP contribution in [0.1, 0.15) is 46.1 Å². The van der Waals surface area contributed by atoms with Crippen LogP contribution in [0.25, 0.3) is 22.9 Å². The predicted molar refractivity (Wildman–Crippen MR) is 109 cm³/mol. The molecule has 0 aliphatic rings. The van der Waals surface area contributed by atoms with Crippen molar-refractivity contribution in [3.8, 4) is 22.9 Å². The summed E-state index contributed by atoms with van der Waals surface area (Å²) in [5, 5.41) is 0. The van der Waals surface area contributed by atoms with Crippen molar-refractivity contribution < 1.29 is 18.4 Å². The molecule has 0 unspecified atom stereocenters. The average molecular weight is 412 g/mol. The molecule has 1 aromatic carbocycles. The van der Waals surface area contributed by atoms with E-state index in [4.69, 9.17) is 33.3 Å². The fraction of sp³-hybridized carbons (Fsp3) is 0.200. The molecule has 0 spiro atoms. The highest BCUT2D eigenvalue weighted by molar-refractivity contribution is 7.71. The summed E-state index contributed by atoms with van der Waals surface area (Å²) in [4.78, 5) is 31.7. The van der Waals surface area contributed by atoms with Crippen molar-refractivity contribution in [3.63, 3.8) is 0 Å². The summed E-state index contributed by atoms with van der Waals surface area (Å²) in [6, 6.07) is 7.10. The summed E-state index contributed by atoms with van der Waals surface area (Å²) in [6.07, 6.45) is 0. The molecule has 8 heteroatoms. The number of carbonyl (C=O) groups excluding carboxylic acids is 2. The Morgan fingerprint density at radius 3 is 1.32 bits per heavy atom. The Kier molecular flexibility index (Phi) is 5.44. The van der Waals surface area contributed by atoms with Gasteiger partial charge in [0.2, 0.25) is 11.8 Å². The van der Waals surface area contributed by atoms with Crippen LogP contribution in [0.15, 0.2) is 33.1 Å². The zero-order valence-electron chi connectivity index (χ0n) is 15.7. The van der Waals surface area contributed by atoms with Gasteiger partial charge in [-0.2, -0.15) is 0 Å². The van der Waals surface area contributed by atoms with Gasteiger partial charge < -0.3 is 8.83 Å². The van der Waals surface area contributed by atoms with E-state index in [0.29, 0.717) is 45.6 Å². The highest BCUT2D eigenvalue weighted by atomic mass is 32.1. The zero-order chi connectivity index (χ0) is 20.6. The van der Waals surface area contributed by atoms with Gasteiger partial charge in [-0.15, -0.1) is 0 Å². The van der Waals surface area contributed by atoms with Crippen molar-refractivity contribution in [2.75, 3.05) is 0 Å². The minimum atomic E-state index is -0.183. The second-order valence-electron chi connectivity index (χ2n) is 6.20. The lowest BCUT2D eigenvalue weighted by Crippen LogP contribution is -2.01. The van der Waals surface area contributed by atoms with Crippen LogP contribution in [0.2, 0.25) is 0 Å². The van der Waals surface area contributed by atoms with Crippen molar-refractivity contribution in [1.29, 1.82) is 0 Å². The maximum atomic E-state index is 11.6. The molecule has 0 saturated heterocycles. The lowest BCUT2D eigenvalue weighted by molar-refractivity contribution is 0.100. The summed E-state index contributed by atoms with van der Waals surface area (Å²) >= 11 is 10.4. The summed E-state index contributed by atoms with van der Waals surface area (Å²) in [7, 11) is 0. The number of Topliss-reactive ketones (excluding diaryl/α,β-unsaturated/α-hetero) is 2. The van der Waals surface area contributed by atoms with Gasteiger partial charge in [-0.3, -0.25) is 9.59 Å². The molecule has 0 bridgehead atoms. The van der Waals surface area contributed by atoms with Crippen LogP contribution in [-0.4, -0.2) is 21.5 Å². The monoisotopic (exact) mass is 412 g/mol. The molecule has 0 radical (unpaired) electrons. The average Bonchev–Trinajstić information content (AvgIpc) is 2.60. The normalized spacial score (nSPS) is 10.7. The standard InChI is InChI=1S/C20H16N2O4S2/c1-9(23)15-11(3)25-17(21-19(15)27)13-5-7-14(8-6-13)18-22-20(28)16(10(2)24)12(4)26-18/h5-8H,1-4H3. The van der Waals surface area contributed by atoms with E-state index in [1.165, 1.54) is 13.8 Å². The van der Waals surface area contributed by atoms with E-state index in [0.717, 1.165) is 0 Å². The van der Waals surface area contributed by atoms with E-state index in [9.17, 15) is 9.59 Å². The van der Waals surface area contributed by atoms with E-state index in [2.05, 4.69) is 9.97 Å². The fourth-order valence-corrected chi connectivity index (χ4v) is 3.58. The molecule has 2 heterocycles.